The number of aryl methyl sites for hydroxylation is 1. The maximum Gasteiger partial charge on any atom is 0.356 e. The number of fused-ring (bicyclic) bond motifs is 1. The Labute approximate surface area is 111 Å². The van der Waals surface area contributed by atoms with Crippen molar-refractivity contribution < 1.29 is 14.7 Å². The van der Waals surface area contributed by atoms with Crippen LogP contribution in [0.15, 0.2) is 0 Å². The molecule has 7 heteroatoms. The van der Waals surface area contributed by atoms with Gasteiger partial charge in [0.05, 0.1) is 6.54 Å². The van der Waals surface area contributed by atoms with Crippen molar-refractivity contribution in [1.29, 1.82) is 0 Å². The molecular weight excluding hydrogens is 248 g/mol. The molecule has 0 spiro atoms. The molecule has 0 aromatic carbocycles. The summed E-state index contributed by atoms with van der Waals surface area (Å²) in [7, 11) is 1.73. The summed E-state index contributed by atoms with van der Waals surface area (Å²) in [5, 5.41) is 15.9. The van der Waals surface area contributed by atoms with E-state index in [1.807, 2.05) is 6.92 Å². The minimum Gasteiger partial charge on any atom is -0.476 e. The molecule has 19 heavy (non-hydrogen) atoms. The first-order chi connectivity index (χ1) is 9.04. The number of aromatic carboxylic acids is 1. The molecule has 2 amide bonds. The van der Waals surface area contributed by atoms with Crippen LogP contribution in [0.4, 0.5) is 4.79 Å². The fourth-order valence-corrected chi connectivity index (χ4v) is 2.28. The summed E-state index contributed by atoms with van der Waals surface area (Å²) in [6.07, 6.45) is 1.50. The van der Waals surface area contributed by atoms with Crippen molar-refractivity contribution in [2.24, 2.45) is 7.05 Å². The molecule has 0 bridgehead atoms. The zero-order valence-electron chi connectivity index (χ0n) is 11.1. The third kappa shape index (κ3) is 2.54. The highest BCUT2D eigenvalue weighted by Crippen LogP contribution is 2.22. The standard InChI is InChI=1S/C12H18N4O3/c1-3-5-13-12(19)16-6-4-9-8(7-16)10(11(17)18)14-15(9)2/h3-7H2,1-2H3,(H,13,19)(H,17,18). The van der Waals surface area contributed by atoms with Gasteiger partial charge in [-0.05, 0) is 6.42 Å². The number of carbonyl (C=O) groups is 2. The zero-order valence-corrected chi connectivity index (χ0v) is 11.1. The van der Waals surface area contributed by atoms with E-state index in [9.17, 15) is 9.59 Å². The lowest BCUT2D eigenvalue weighted by Crippen LogP contribution is -2.43. The molecule has 1 aromatic heterocycles. The smallest absolute Gasteiger partial charge is 0.356 e. The van der Waals surface area contributed by atoms with Crippen LogP contribution in [0.2, 0.25) is 0 Å². The van der Waals surface area contributed by atoms with Gasteiger partial charge in [0, 0.05) is 37.8 Å². The third-order valence-electron chi connectivity index (χ3n) is 3.26. The maximum absolute atomic E-state index is 11.9. The first kappa shape index (κ1) is 13.4. The number of carboxylic acids is 1. The number of hydrogen-bond donors (Lipinski definition) is 2. The van der Waals surface area contributed by atoms with Crippen LogP contribution in [0.5, 0.6) is 0 Å². The van der Waals surface area contributed by atoms with Gasteiger partial charge in [0.2, 0.25) is 0 Å². The Morgan fingerprint density at radius 1 is 1.47 bits per heavy atom. The summed E-state index contributed by atoms with van der Waals surface area (Å²) in [5.74, 6) is -1.05. The van der Waals surface area contributed by atoms with Gasteiger partial charge < -0.3 is 15.3 Å². The van der Waals surface area contributed by atoms with Crippen molar-refractivity contribution in [3.8, 4) is 0 Å². The summed E-state index contributed by atoms with van der Waals surface area (Å²) in [4.78, 5) is 24.7. The lowest BCUT2D eigenvalue weighted by molar-refractivity contribution is 0.0687. The van der Waals surface area contributed by atoms with Crippen LogP contribution in [0.25, 0.3) is 0 Å². The summed E-state index contributed by atoms with van der Waals surface area (Å²) >= 11 is 0. The van der Waals surface area contributed by atoms with Crippen LogP contribution >= 0.6 is 0 Å². The number of nitrogens with one attached hydrogen (secondary N) is 1. The Balaban J connectivity index is 2.18. The van der Waals surface area contributed by atoms with Crippen LogP contribution in [-0.2, 0) is 20.0 Å². The van der Waals surface area contributed by atoms with Crippen molar-refractivity contribution in [2.45, 2.75) is 26.3 Å². The quantitative estimate of drug-likeness (QED) is 0.838. The van der Waals surface area contributed by atoms with Crippen LogP contribution in [-0.4, -0.2) is 44.9 Å². The van der Waals surface area contributed by atoms with Gasteiger partial charge >= 0.3 is 12.0 Å². The minimum atomic E-state index is -1.05. The summed E-state index contributed by atoms with van der Waals surface area (Å²) in [5.41, 5.74) is 1.59. The van der Waals surface area contributed by atoms with Crippen LogP contribution in [0.1, 0.15) is 35.1 Å². The van der Waals surface area contributed by atoms with Crippen molar-refractivity contribution in [3.63, 3.8) is 0 Å². The molecule has 104 valence electrons. The van der Waals surface area contributed by atoms with E-state index in [-0.39, 0.29) is 11.7 Å². The number of carbonyl (C=O) groups excluding carboxylic acids is 1. The number of nitrogens with zero attached hydrogens (tertiary/aromatic N) is 3. The lowest BCUT2D eigenvalue weighted by Gasteiger charge is -2.27. The van der Waals surface area contributed by atoms with Crippen LogP contribution in [0.3, 0.4) is 0 Å². The Bertz CT molecular complexity index is 509. The fraction of sp³-hybridized carbons (Fsp3) is 0.583. The van der Waals surface area contributed by atoms with Gasteiger partial charge in [-0.2, -0.15) is 5.10 Å². The largest absolute Gasteiger partial charge is 0.476 e. The molecule has 0 fully saturated rings. The Morgan fingerprint density at radius 3 is 2.84 bits per heavy atom. The number of amides is 2. The Hall–Kier alpha value is -2.05. The number of aromatic nitrogens is 2. The van der Waals surface area contributed by atoms with E-state index in [1.165, 1.54) is 0 Å². The van der Waals surface area contributed by atoms with Gasteiger partial charge in [-0.3, -0.25) is 4.68 Å². The minimum absolute atomic E-state index is 0.0468. The first-order valence-electron chi connectivity index (χ1n) is 6.35. The molecule has 1 aliphatic heterocycles. The second kappa shape index (κ2) is 5.29. The third-order valence-corrected chi connectivity index (χ3v) is 3.26. The molecular formula is C12H18N4O3. The van der Waals surface area contributed by atoms with Crippen molar-refractivity contribution in [2.75, 3.05) is 13.1 Å². The highest BCUT2D eigenvalue weighted by molar-refractivity contribution is 5.87. The number of carboxylic acid groups (broad SMARTS) is 1. The average Bonchev–Trinajstić information content (AvgIpc) is 2.73. The van der Waals surface area contributed by atoms with E-state index >= 15 is 0 Å². The fourth-order valence-electron chi connectivity index (χ4n) is 2.28. The van der Waals surface area contributed by atoms with Gasteiger partial charge in [0.1, 0.15) is 0 Å². The van der Waals surface area contributed by atoms with Gasteiger partial charge in [-0.25, -0.2) is 9.59 Å². The number of hydrogen-bond acceptors (Lipinski definition) is 3. The lowest BCUT2D eigenvalue weighted by atomic mass is 10.1. The Morgan fingerprint density at radius 2 is 2.21 bits per heavy atom. The van der Waals surface area contributed by atoms with Gasteiger partial charge in [-0.1, -0.05) is 6.92 Å². The molecule has 0 saturated carbocycles. The normalized spacial score (nSPS) is 14.1. The molecule has 2 heterocycles. The first-order valence-corrected chi connectivity index (χ1v) is 6.35. The van der Waals surface area contributed by atoms with E-state index < -0.39 is 5.97 Å². The van der Waals surface area contributed by atoms with Crippen LogP contribution < -0.4 is 5.32 Å². The molecule has 0 atom stereocenters. The van der Waals surface area contributed by atoms with E-state index in [0.29, 0.717) is 31.6 Å². The predicted octanol–water partition coefficient (Wildman–Crippen LogP) is 0.596. The molecule has 0 saturated heterocycles. The summed E-state index contributed by atoms with van der Waals surface area (Å²) in [6, 6.07) is -0.146. The second-order valence-electron chi connectivity index (χ2n) is 4.61. The SMILES string of the molecule is CCCNC(=O)N1CCc2c(c(C(=O)O)nn2C)C1. The molecule has 2 N–H and O–H groups in total. The highest BCUT2D eigenvalue weighted by atomic mass is 16.4. The van der Waals surface area contributed by atoms with Gasteiger partial charge in [0.25, 0.3) is 0 Å². The van der Waals surface area contributed by atoms with E-state index in [1.54, 1.807) is 16.6 Å². The zero-order chi connectivity index (χ0) is 14.0. The van der Waals surface area contributed by atoms with Gasteiger partial charge in [0.15, 0.2) is 5.69 Å². The molecule has 0 aliphatic carbocycles. The van der Waals surface area contributed by atoms with Gasteiger partial charge in [-0.15, -0.1) is 0 Å². The molecule has 1 aliphatic rings. The number of rotatable bonds is 3. The van der Waals surface area contributed by atoms with E-state index in [4.69, 9.17) is 5.11 Å². The average molecular weight is 266 g/mol. The highest BCUT2D eigenvalue weighted by Gasteiger charge is 2.28. The Kier molecular flexibility index (Phi) is 3.73. The van der Waals surface area contributed by atoms with Crippen molar-refractivity contribution in [3.05, 3.63) is 17.0 Å². The second-order valence-corrected chi connectivity index (χ2v) is 4.61. The number of urea groups is 1. The molecule has 7 nitrogen and oxygen atoms in total. The molecule has 2 rings (SSSR count). The topological polar surface area (TPSA) is 87.5 Å². The summed E-state index contributed by atoms with van der Waals surface area (Å²) < 4.78 is 1.60. The predicted molar refractivity (Wildman–Crippen MR) is 68.0 cm³/mol. The maximum atomic E-state index is 11.9. The molecule has 0 radical (unpaired) electrons. The van der Waals surface area contributed by atoms with E-state index in [0.717, 1.165) is 12.1 Å². The van der Waals surface area contributed by atoms with Crippen molar-refractivity contribution >= 4 is 12.0 Å². The van der Waals surface area contributed by atoms with Crippen LogP contribution in [0, 0.1) is 0 Å². The monoisotopic (exact) mass is 266 g/mol. The molecule has 0 unspecified atom stereocenters. The molecule has 1 aromatic rings. The van der Waals surface area contributed by atoms with E-state index in [2.05, 4.69) is 10.4 Å². The van der Waals surface area contributed by atoms with Crippen molar-refractivity contribution in [1.82, 2.24) is 20.0 Å². The summed E-state index contributed by atoms with van der Waals surface area (Å²) in [6.45, 7) is 3.50.